The molecule has 1 fully saturated rings. The molecule has 0 saturated heterocycles. The van der Waals surface area contributed by atoms with Gasteiger partial charge in [-0.25, -0.2) is 0 Å². The van der Waals surface area contributed by atoms with E-state index < -0.39 is 41.0 Å². The maximum atomic E-state index is 13.7. The van der Waals surface area contributed by atoms with Gasteiger partial charge < -0.3 is 15.7 Å². The van der Waals surface area contributed by atoms with E-state index in [1.165, 1.54) is 6.92 Å². The number of nitrogens with zero attached hydrogens (tertiary/aromatic N) is 1. The normalized spacial score (nSPS) is 24.0. The van der Waals surface area contributed by atoms with Gasteiger partial charge in [-0.3, -0.25) is 19.4 Å². The van der Waals surface area contributed by atoms with Crippen molar-refractivity contribution in [2.75, 3.05) is 10.6 Å². The molecule has 1 saturated carbocycles. The molecule has 180 valence electrons. The average molecular weight is 472 g/mol. The van der Waals surface area contributed by atoms with Gasteiger partial charge in [-0.15, -0.1) is 0 Å². The second kappa shape index (κ2) is 9.80. The van der Waals surface area contributed by atoms with E-state index in [9.17, 15) is 19.5 Å². The summed E-state index contributed by atoms with van der Waals surface area (Å²) in [6.07, 6.45) is 2.81. The number of carbonyl (C=O) groups is 3. The summed E-state index contributed by atoms with van der Waals surface area (Å²) in [5.41, 5.74) is 1.78. The fourth-order valence-electron chi connectivity index (χ4n) is 4.91. The minimum absolute atomic E-state index is 0.318. The van der Waals surface area contributed by atoms with Gasteiger partial charge in [0.15, 0.2) is 0 Å². The molecular weight excluding hydrogens is 442 g/mol. The SMILES string of the molecule is Cc1ccccc1NC(=O)[C@@H]1C(=O)C[C@](C)(O)[C@@H](C(=O)Nc2ccccc2C)[C@@H]1c1cccnc1. The summed E-state index contributed by atoms with van der Waals surface area (Å²) >= 11 is 0. The van der Waals surface area contributed by atoms with Crippen molar-refractivity contribution in [3.63, 3.8) is 0 Å². The van der Waals surface area contributed by atoms with Crippen molar-refractivity contribution in [3.05, 3.63) is 89.7 Å². The molecular formula is C28H29N3O4. The van der Waals surface area contributed by atoms with Crippen LogP contribution in [0.1, 0.15) is 36.0 Å². The topological polar surface area (TPSA) is 108 Å². The maximum Gasteiger partial charge on any atom is 0.235 e. The number of aromatic nitrogens is 1. The van der Waals surface area contributed by atoms with Crippen LogP contribution < -0.4 is 10.6 Å². The number of hydrogen-bond donors (Lipinski definition) is 3. The zero-order chi connectivity index (χ0) is 25.2. The number of anilines is 2. The van der Waals surface area contributed by atoms with Gasteiger partial charge >= 0.3 is 0 Å². The highest BCUT2D eigenvalue weighted by Crippen LogP contribution is 2.46. The Morgan fingerprint density at radius 1 is 0.914 bits per heavy atom. The van der Waals surface area contributed by atoms with Crippen LogP contribution in [0, 0.1) is 25.7 Å². The van der Waals surface area contributed by atoms with Crippen LogP contribution in [0.15, 0.2) is 73.1 Å². The minimum Gasteiger partial charge on any atom is -0.389 e. The third-order valence-corrected chi connectivity index (χ3v) is 6.71. The van der Waals surface area contributed by atoms with E-state index >= 15 is 0 Å². The molecule has 0 aliphatic heterocycles. The molecule has 3 N–H and O–H groups in total. The number of nitrogens with one attached hydrogen (secondary N) is 2. The fourth-order valence-corrected chi connectivity index (χ4v) is 4.91. The van der Waals surface area contributed by atoms with E-state index in [-0.39, 0.29) is 6.42 Å². The Labute approximate surface area is 204 Å². The second-order valence-corrected chi connectivity index (χ2v) is 9.38. The molecule has 0 spiro atoms. The summed E-state index contributed by atoms with van der Waals surface area (Å²) < 4.78 is 0. The summed E-state index contributed by atoms with van der Waals surface area (Å²) in [7, 11) is 0. The first-order chi connectivity index (χ1) is 16.7. The zero-order valence-corrected chi connectivity index (χ0v) is 20.0. The second-order valence-electron chi connectivity index (χ2n) is 9.38. The highest BCUT2D eigenvalue weighted by molar-refractivity contribution is 6.10. The van der Waals surface area contributed by atoms with Crippen LogP contribution in [0.2, 0.25) is 0 Å². The third-order valence-electron chi connectivity index (χ3n) is 6.71. The number of amides is 2. The maximum absolute atomic E-state index is 13.7. The minimum atomic E-state index is -1.66. The average Bonchev–Trinajstić information content (AvgIpc) is 2.81. The van der Waals surface area contributed by atoms with Crippen molar-refractivity contribution in [1.82, 2.24) is 4.98 Å². The molecule has 7 nitrogen and oxygen atoms in total. The zero-order valence-electron chi connectivity index (χ0n) is 20.0. The number of hydrogen-bond acceptors (Lipinski definition) is 5. The lowest BCUT2D eigenvalue weighted by Crippen LogP contribution is -2.56. The Kier molecular flexibility index (Phi) is 6.80. The Morgan fingerprint density at radius 3 is 2.03 bits per heavy atom. The summed E-state index contributed by atoms with van der Waals surface area (Å²) in [4.78, 5) is 44.7. The van der Waals surface area contributed by atoms with Crippen molar-refractivity contribution < 1.29 is 19.5 Å². The van der Waals surface area contributed by atoms with Crippen LogP contribution in [0.4, 0.5) is 11.4 Å². The number of carbonyl (C=O) groups excluding carboxylic acids is 3. The van der Waals surface area contributed by atoms with Crippen molar-refractivity contribution in [2.45, 2.75) is 38.7 Å². The summed E-state index contributed by atoms with van der Waals surface area (Å²) in [6, 6.07) is 18.0. The number of aryl methyl sites for hydroxylation is 2. The molecule has 1 aliphatic carbocycles. The molecule has 0 radical (unpaired) electrons. The first kappa shape index (κ1) is 24.3. The molecule has 35 heavy (non-hydrogen) atoms. The Morgan fingerprint density at radius 2 is 1.49 bits per heavy atom. The largest absolute Gasteiger partial charge is 0.389 e. The van der Waals surface area contributed by atoms with Crippen LogP contribution in [-0.4, -0.2) is 33.3 Å². The van der Waals surface area contributed by atoms with E-state index in [0.717, 1.165) is 11.1 Å². The molecule has 3 aromatic rings. The number of rotatable bonds is 5. The number of aliphatic hydroxyl groups is 1. The lowest BCUT2D eigenvalue weighted by molar-refractivity contribution is -0.150. The smallest absolute Gasteiger partial charge is 0.235 e. The van der Waals surface area contributed by atoms with E-state index in [1.807, 2.05) is 44.2 Å². The molecule has 1 aromatic heterocycles. The lowest BCUT2D eigenvalue weighted by Gasteiger charge is -2.44. The first-order valence-electron chi connectivity index (χ1n) is 11.6. The number of Topliss-reactive ketones (excluding diaryl/α,β-unsaturated/α-hetero) is 1. The van der Waals surface area contributed by atoms with E-state index in [2.05, 4.69) is 15.6 Å². The van der Waals surface area contributed by atoms with Gasteiger partial charge in [0, 0.05) is 36.1 Å². The Hall–Kier alpha value is -3.84. The summed E-state index contributed by atoms with van der Waals surface area (Å²) in [5, 5.41) is 17.1. The van der Waals surface area contributed by atoms with Gasteiger partial charge in [-0.1, -0.05) is 42.5 Å². The predicted molar refractivity (Wildman–Crippen MR) is 134 cm³/mol. The number of para-hydroxylation sites is 2. The van der Waals surface area contributed by atoms with Crippen molar-refractivity contribution in [2.24, 2.45) is 11.8 Å². The molecule has 0 unspecified atom stereocenters. The molecule has 7 heteroatoms. The number of benzene rings is 2. The van der Waals surface area contributed by atoms with Gasteiger partial charge in [0.05, 0.1) is 11.5 Å². The number of pyridine rings is 1. The van der Waals surface area contributed by atoms with Gasteiger partial charge in [0.1, 0.15) is 11.7 Å². The molecule has 0 bridgehead atoms. The van der Waals surface area contributed by atoms with E-state index in [1.54, 1.807) is 42.7 Å². The molecule has 1 aliphatic rings. The molecule has 1 heterocycles. The lowest BCUT2D eigenvalue weighted by atomic mass is 9.61. The highest BCUT2D eigenvalue weighted by Gasteiger charge is 2.56. The van der Waals surface area contributed by atoms with Crippen molar-refractivity contribution in [3.8, 4) is 0 Å². The summed E-state index contributed by atoms with van der Waals surface area (Å²) in [6.45, 7) is 5.21. The van der Waals surface area contributed by atoms with E-state index in [4.69, 9.17) is 0 Å². The van der Waals surface area contributed by atoms with Crippen molar-refractivity contribution >= 4 is 29.0 Å². The molecule has 4 rings (SSSR count). The van der Waals surface area contributed by atoms with Gasteiger partial charge in [0.25, 0.3) is 0 Å². The third kappa shape index (κ3) is 5.00. The first-order valence-corrected chi connectivity index (χ1v) is 11.6. The van der Waals surface area contributed by atoms with Gasteiger partial charge in [-0.05, 0) is 55.7 Å². The van der Waals surface area contributed by atoms with Crippen LogP contribution in [0.25, 0.3) is 0 Å². The van der Waals surface area contributed by atoms with Crippen LogP contribution in [0.3, 0.4) is 0 Å². The van der Waals surface area contributed by atoms with Crippen molar-refractivity contribution in [1.29, 1.82) is 0 Å². The fraction of sp³-hybridized carbons (Fsp3) is 0.286. The molecule has 2 amide bonds. The van der Waals surface area contributed by atoms with Crippen LogP contribution in [0.5, 0.6) is 0 Å². The van der Waals surface area contributed by atoms with Gasteiger partial charge in [0.2, 0.25) is 11.8 Å². The molecule has 2 aromatic carbocycles. The standard InChI is InChI=1S/C28H29N3O4/c1-17-9-4-6-12-20(17)30-26(33)24-22(32)15-28(3,35)25(23(24)19-11-8-14-29-16-19)27(34)31-21-13-7-5-10-18(21)2/h4-14,16,23-25,35H,15H2,1-3H3,(H,30,33)(H,31,34)/t23-,24-,25-,28+/m1/s1. The number of ketones is 1. The van der Waals surface area contributed by atoms with Gasteiger partial charge in [-0.2, -0.15) is 0 Å². The predicted octanol–water partition coefficient (Wildman–Crippen LogP) is 4.02. The van der Waals surface area contributed by atoms with Crippen LogP contribution >= 0.6 is 0 Å². The monoisotopic (exact) mass is 471 g/mol. The van der Waals surface area contributed by atoms with Crippen LogP contribution in [-0.2, 0) is 14.4 Å². The summed E-state index contributed by atoms with van der Waals surface area (Å²) in [5.74, 6) is -4.55. The Bertz CT molecular complexity index is 1260. The highest BCUT2D eigenvalue weighted by atomic mass is 16.3. The Balaban J connectivity index is 1.76. The molecule has 4 atom stereocenters. The quantitative estimate of drug-likeness (QED) is 0.487. The van der Waals surface area contributed by atoms with E-state index in [0.29, 0.717) is 16.9 Å².